The fourth-order valence-electron chi connectivity index (χ4n) is 2.09. The summed E-state index contributed by atoms with van der Waals surface area (Å²) in [5.74, 6) is -0.255. The maximum absolute atomic E-state index is 13.1. The number of nitrogens with zero attached hydrogens (tertiary/aromatic N) is 3. The summed E-state index contributed by atoms with van der Waals surface area (Å²) in [6.45, 7) is 0. The Morgan fingerprint density at radius 3 is 2.30 bits per heavy atom. The van der Waals surface area contributed by atoms with Gasteiger partial charge in [-0.25, -0.2) is 4.39 Å². The van der Waals surface area contributed by atoms with Gasteiger partial charge >= 0.3 is 0 Å². The molecule has 3 aromatic rings. The predicted molar refractivity (Wildman–Crippen MR) is 79.5 cm³/mol. The molecule has 100 valence electrons. The molecule has 0 fully saturated rings. The van der Waals surface area contributed by atoms with Crippen LogP contribution in [0.15, 0.2) is 53.4 Å². The molecule has 0 bridgehead atoms. The number of hydrogen-bond acceptors (Lipinski definition) is 2. The molecule has 5 heteroatoms. The Morgan fingerprint density at radius 1 is 1.00 bits per heavy atom. The first-order valence-electron chi connectivity index (χ1n) is 6.05. The van der Waals surface area contributed by atoms with Gasteiger partial charge < -0.3 is 0 Å². The van der Waals surface area contributed by atoms with Crippen molar-refractivity contribution < 1.29 is 4.39 Å². The Hall–Kier alpha value is -2.01. The van der Waals surface area contributed by atoms with Crippen LogP contribution in [0.1, 0.15) is 0 Å². The summed E-state index contributed by atoms with van der Waals surface area (Å²) >= 11 is 3.56. The van der Waals surface area contributed by atoms with E-state index in [1.54, 1.807) is 29.2 Å². The summed E-state index contributed by atoms with van der Waals surface area (Å²) < 4.78 is 15.7. The molecular formula is C15H11BrFN3. The van der Waals surface area contributed by atoms with Gasteiger partial charge in [0.1, 0.15) is 16.1 Å². The minimum absolute atomic E-state index is 0.255. The van der Waals surface area contributed by atoms with E-state index >= 15 is 0 Å². The van der Waals surface area contributed by atoms with E-state index in [2.05, 4.69) is 26.0 Å². The number of rotatable bonds is 2. The quantitative estimate of drug-likeness (QED) is 0.709. The van der Waals surface area contributed by atoms with Crippen LogP contribution in [-0.4, -0.2) is 14.8 Å². The van der Waals surface area contributed by atoms with E-state index in [9.17, 15) is 4.39 Å². The zero-order valence-corrected chi connectivity index (χ0v) is 12.3. The number of halogens is 2. The molecule has 0 N–H and O–H groups in total. The first kappa shape index (κ1) is 13.0. The van der Waals surface area contributed by atoms with E-state index in [4.69, 9.17) is 0 Å². The van der Waals surface area contributed by atoms with Gasteiger partial charge in [0.2, 0.25) is 0 Å². The van der Waals surface area contributed by atoms with E-state index in [1.807, 2.05) is 19.2 Å². The van der Waals surface area contributed by atoms with E-state index in [0.717, 1.165) is 27.0 Å². The summed E-state index contributed by atoms with van der Waals surface area (Å²) in [7, 11) is 1.86. The van der Waals surface area contributed by atoms with Crippen molar-refractivity contribution in [2.24, 2.45) is 7.05 Å². The van der Waals surface area contributed by atoms with Crippen LogP contribution in [-0.2, 0) is 7.05 Å². The molecule has 20 heavy (non-hydrogen) atoms. The van der Waals surface area contributed by atoms with Crippen LogP contribution in [0.2, 0.25) is 0 Å². The highest BCUT2D eigenvalue weighted by Crippen LogP contribution is 2.36. The minimum Gasteiger partial charge on any atom is -0.265 e. The topological polar surface area (TPSA) is 30.7 Å². The Balaban J connectivity index is 2.22. The zero-order chi connectivity index (χ0) is 14.1. The minimum atomic E-state index is -0.255. The van der Waals surface area contributed by atoms with Crippen molar-refractivity contribution >= 4 is 15.9 Å². The van der Waals surface area contributed by atoms with Gasteiger partial charge in [-0.3, -0.25) is 9.67 Å². The Morgan fingerprint density at radius 2 is 1.65 bits per heavy atom. The largest absolute Gasteiger partial charge is 0.265 e. The van der Waals surface area contributed by atoms with Gasteiger partial charge in [0.25, 0.3) is 0 Å². The molecule has 3 rings (SSSR count). The summed E-state index contributed by atoms with van der Waals surface area (Å²) in [4.78, 5) is 4.03. The third-order valence-corrected chi connectivity index (χ3v) is 3.97. The summed E-state index contributed by atoms with van der Waals surface area (Å²) in [6, 6.07) is 10.2. The van der Waals surface area contributed by atoms with Gasteiger partial charge in [0.05, 0.1) is 0 Å². The van der Waals surface area contributed by atoms with E-state index < -0.39 is 0 Å². The van der Waals surface area contributed by atoms with Crippen molar-refractivity contribution in [3.63, 3.8) is 0 Å². The lowest BCUT2D eigenvalue weighted by molar-refractivity contribution is 0.628. The van der Waals surface area contributed by atoms with Crippen molar-refractivity contribution in [1.82, 2.24) is 14.8 Å². The van der Waals surface area contributed by atoms with Crippen LogP contribution in [0.5, 0.6) is 0 Å². The lowest BCUT2D eigenvalue weighted by Gasteiger charge is -2.03. The fourth-order valence-corrected chi connectivity index (χ4v) is 2.58. The molecule has 0 aliphatic heterocycles. The summed E-state index contributed by atoms with van der Waals surface area (Å²) in [5.41, 5.74) is 3.67. The Kier molecular flexibility index (Phi) is 3.36. The first-order valence-corrected chi connectivity index (χ1v) is 6.85. The highest BCUT2D eigenvalue weighted by Gasteiger charge is 2.17. The Bertz CT molecular complexity index is 736. The molecule has 1 aromatic carbocycles. The third kappa shape index (κ3) is 2.25. The number of aryl methyl sites for hydroxylation is 1. The average Bonchev–Trinajstić information content (AvgIpc) is 2.77. The second kappa shape index (κ2) is 5.17. The molecule has 0 atom stereocenters. The van der Waals surface area contributed by atoms with Gasteiger partial charge in [0, 0.05) is 30.6 Å². The monoisotopic (exact) mass is 331 g/mol. The van der Waals surface area contributed by atoms with Crippen molar-refractivity contribution in [3.8, 4) is 22.4 Å². The van der Waals surface area contributed by atoms with E-state index in [1.165, 1.54) is 12.1 Å². The van der Waals surface area contributed by atoms with Gasteiger partial charge in [-0.05, 0) is 57.9 Å². The number of aromatic nitrogens is 3. The molecule has 0 aliphatic rings. The van der Waals surface area contributed by atoms with Crippen LogP contribution in [0.3, 0.4) is 0 Å². The zero-order valence-electron chi connectivity index (χ0n) is 10.7. The second-order valence-electron chi connectivity index (χ2n) is 4.38. The molecule has 0 amide bonds. The van der Waals surface area contributed by atoms with Crippen molar-refractivity contribution in [2.45, 2.75) is 0 Å². The molecule has 0 saturated carbocycles. The summed E-state index contributed by atoms with van der Waals surface area (Å²) in [6.07, 6.45) is 3.48. The normalized spacial score (nSPS) is 10.8. The molecule has 0 unspecified atom stereocenters. The predicted octanol–water partition coefficient (Wildman–Crippen LogP) is 4.05. The Labute approximate surface area is 124 Å². The first-order chi connectivity index (χ1) is 9.66. The van der Waals surface area contributed by atoms with Gasteiger partial charge in [-0.15, -0.1) is 0 Å². The van der Waals surface area contributed by atoms with Crippen LogP contribution in [0.25, 0.3) is 22.4 Å². The molecule has 0 radical (unpaired) electrons. The lowest BCUT2D eigenvalue weighted by atomic mass is 10.0. The van der Waals surface area contributed by atoms with Crippen molar-refractivity contribution in [3.05, 3.63) is 59.2 Å². The highest BCUT2D eigenvalue weighted by molar-refractivity contribution is 9.10. The smallest absolute Gasteiger partial charge is 0.123 e. The van der Waals surface area contributed by atoms with Crippen molar-refractivity contribution in [2.75, 3.05) is 0 Å². The highest BCUT2D eigenvalue weighted by atomic mass is 79.9. The molecule has 0 spiro atoms. The molecule has 2 aromatic heterocycles. The molecule has 0 aliphatic carbocycles. The second-order valence-corrected chi connectivity index (χ2v) is 5.13. The third-order valence-electron chi connectivity index (χ3n) is 3.06. The van der Waals surface area contributed by atoms with Gasteiger partial charge in [0.15, 0.2) is 0 Å². The van der Waals surface area contributed by atoms with Gasteiger partial charge in [-0.1, -0.05) is 0 Å². The molecule has 0 saturated heterocycles. The van der Waals surface area contributed by atoms with Crippen molar-refractivity contribution in [1.29, 1.82) is 0 Å². The lowest BCUT2D eigenvalue weighted by Crippen LogP contribution is -1.89. The average molecular weight is 332 g/mol. The van der Waals surface area contributed by atoms with Crippen LogP contribution < -0.4 is 0 Å². The molecule has 2 heterocycles. The fraction of sp³-hybridized carbons (Fsp3) is 0.0667. The van der Waals surface area contributed by atoms with E-state index in [0.29, 0.717) is 0 Å². The van der Waals surface area contributed by atoms with E-state index in [-0.39, 0.29) is 5.82 Å². The number of benzene rings is 1. The maximum atomic E-state index is 13.1. The standard InChI is InChI=1S/C15H11BrFN3/c1-20-15(16)13(10-6-8-18-9-7-10)14(19-20)11-2-4-12(17)5-3-11/h2-9H,1H3. The maximum Gasteiger partial charge on any atom is 0.123 e. The van der Waals surface area contributed by atoms with Crippen LogP contribution >= 0.6 is 15.9 Å². The summed E-state index contributed by atoms with van der Waals surface area (Å²) in [5, 5.41) is 4.51. The van der Waals surface area contributed by atoms with Gasteiger partial charge in [-0.2, -0.15) is 5.10 Å². The number of pyridine rings is 1. The number of hydrogen-bond donors (Lipinski definition) is 0. The van der Waals surface area contributed by atoms with Crippen LogP contribution in [0, 0.1) is 5.82 Å². The molecular weight excluding hydrogens is 321 g/mol. The SMILES string of the molecule is Cn1nc(-c2ccc(F)cc2)c(-c2ccncc2)c1Br. The molecule has 3 nitrogen and oxygen atoms in total. The van der Waals surface area contributed by atoms with Crippen LogP contribution in [0.4, 0.5) is 4.39 Å².